The minimum Gasteiger partial charge on any atom is -0.339 e. The summed E-state index contributed by atoms with van der Waals surface area (Å²) in [5.41, 5.74) is 1.75. The Labute approximate surface area is 117 Å². The van der Waals surface area contributed by atoms with Crippen LogP contribution >= 0.6 is 0 Å². The molecule has 0 bridgehead atoms. The van der Waals surface area contributed by atoms with Gasteiger partial charge in [0.25, 0.3) is 0 Å². The van der Waals surface area contributed by atoms with E-state index in [-0.39, 0.29) is 5.41 Å². The highest BCUT2D eigenvalue weighted by atomic mass is 16.2. The number of hydrogen-bond donors (Lipinski definition) is 1. The lowest BCUT2D eigenvalue weighted by Gasteiger charge is -2.32. The highest BCUT2D eigenvalue weighted by molar-refractivity contribution is 5.76. The normalized spacial score (nSPS) is 24.5. The Balaban J connectivity index is 1.77. The minimum absolute atomic E-state index is 0.255. The summed E-state index contributed by atoms with van der Waals surface area (Å²) in [4.78, 5) is 14.2. The van der Waals surface area contributed by atoms with Gasteiger partial charge in [-0.2, -0.15) is 0 Å². The van der Waals surface area contributed by atoms with Gasteiger partial charge in [-0.25, -0.2) is 0 Å². The van der Waals surface area contributed by atoms with Gasteiger partial charge in [-0.3, -0.25) is 4.79 Å². The number of nitrogens with one attached hydrogen (secondary N) is 1. The van der Waals surface area contributed by atoms with E-state index in [1.165, 1.54) is 12.0 Å². The Kier molecular flexibility index (Phi) is 4.67. The molecule has 2 rings (SSSR count). The summed E-state index contributed by atoms with van der Waals surface area (Å²) in [7, 11) is 0. The predicted molar refractivity (Wildman–Crippen MR) is 78.9 cm³/mol. The minimum atomic E-state index is 0.255. The SMILES string of the molecule is CC(C)(C)C1=CCN(C(=O)CCC2CCNC2)CC1. The van der Waals surface area contributed by atoms with Gasteiger partial charge >= 0.3 is 0 Å². The van der Waals surface area contributed by atoms with Crippen molar-refractivity contribution in [2.45, 2.75) is 46.5 Å². The number of rotatable bonds is 3. The van der Waals surface area contributed by atoms with Crippen LogP contribution in [-0.4, -0.2) is 37.0 Å². The fraction of sp³-hybridized carbons (Fsp3) is 0.812. The molecule has 2 aliphatic heterocycles. The number of carbonyl (C=O) groups excluding carboxylic acids is 1. The van der Waals surface area contributed by atoms with Gasteiger partial charge in [-0.1, -0.05) is 32.4 Å². The van der Waals surface area contributed by atoms with E-state index < -0.39 is 0 Å². The Morgan fingerprint density at radius 2 is 2.26 bits per heavy atom. The van der Waals surface area contributed by atoms with Crippen LogP contribution in [0.15, 0.2) is 11.6 Å². The summed E-state index contributed by atoms with van der Waals surface area (Å²) in [5.74, 6) is 1.06. The molecule has 19 heavy (non-hydrogen) atoms. The first-order chi connectivity index (χ1) is 8.97. The molecule has 1 fully saturated rings. The standard InChI is InChI=1S/C16H28N2O/c1-16(2,3)14-7-10-18(11-8-14)15(19)5-4-13-6-9-17-12-13/h7,13,17H,4-6,8-12H2,1-3H3. The van der Waals surface area contributed by atoms with Crippen LogP contribution in [0.2, 0.25) is 0 Å². The maximum absolute atomic E-state index is 12.2. The van der Waals surface area contributed by atoms with Gasteiger partial charge in [0.2, 0.25) is 5.91 Å². The number of carbonyl (C=O) groups is 1. The number of amides is 1. The maximum atomic E-state index is 12.2. The van der Waals surface area contributed by atoms with Crippen LogP contribution in [-0.2, 0) is 4.79 Å². The van der Waals surface area contributed by atoms with Crippen molar-refractivity contribution in [3.63, 3.8) is 0 Å². The molecule has 0 radical (unpaired) electrons. The largest absolute Gasteiger partial charge is 0.339 e. The predicted octanol–water partition coefficient (Wildman–Crippen LogP) is 2.58. The molecule has 1 atom stereocenters. The Hall–Kier alpha value is -0.830. The van der Waals surface area contributed by atoms with Crippen LogP contribution in [0.3, 0.4) is 0 Å². The molecule has 0 aromatic carbocycles. The Morgan fingerprint density at radius 3 is 2.79 bits per heavy atom. The van der Waals surface area contributed by atoms with Crippen molar-refractivity contribution >= 4 is 5.91 Å². The molecule has 1 N–H and O–H groups in total. The van der Waals surface area contributed by atoms with E-state index in [0.717, 1.165) is 51.4 Å². The molecule has 2 heterocycles. The van der Waals surface area contributed by atoms with Crippen molar-refractivity contribution < 1.29 is 4.79 Å². The molecule has 1 saturated heterocycles. The summed E-state index contributed by atoms with van der Waals surface area (Å²) in [6, 6.07) is 0. The Morgan fingerprint density at radius 1 is 1.47 bits per heavy atom. The average Bonchev–Trinajstić information content (AvgIpc) is 2.88. The molecule has 1 unspecified atom stereocenters. The molecule has 3 nitrogen and oxygen atoms in total. The molecule has 0 aromatic heterocycles. The Bertz CT molecular complexity index is 348. The van der Waals surface area contributed by atoms with Gasteiger partial charge in [-0.05, 0) is 43.7 Å². The lowest BCUT2D eigenvalue weighted by atomic mass is 9.83. The van der Waals surface area contributed by atoms with Gasteiger partial charge in [-0.15, -0.1) is 0 Å². The van der Waals surface area contributed by atoms with E-state index in [4.69, 9.17) is 0 Å². The first kappa shape index (κ1) is 14.6. The summed E-state index contributed by atoms with van der Waals surface area (Å²) in [5, 5.41) is 3.36. The molecule has 0 spiro atoms. The lowest BCUT2D eigenvalue weighted by Crippen LogP contribution is -2.36. The number of nitrogens with zero attached hydrogens (tertiary/aromatic N) is 1. The van der Waals surface area contributed by atoms with E-state index in [1.54, 1.807) is 0 Å². The first-order valence-electron chi connectivity index (χ1n) is 7.65. The summed E-state index contributed by atoms with van der Waals surface area (Å²) >= 11 is 0. The lowest BCUT2D eigenvalue weighted by molar-refractivity contribution is -0.131. The van der Waals surface area contributed by atoms with Crippen LogP contribution in [0.1, 0.15) is 46.5 Å². The van der Waals surface area contributed by atoms with Crippen molar-refractivity contribution in [1.29, 1.82) is 0 Å². The van der Waals surface area contributed by atoms with E-state index in [2.05, 4.69) is 32.2 Å². The summed E-state index contributed by atoms with van der Waals surface area (Å²) in [6.45, 7) is 10.7. The van der Waals surface area contributed by atoms with Crippen molar-refractivity contribution in [3.8, 4) is 0 Å². The quantitative estimate of drug-likeness (QED) is 0.795. The molecule has 2 aliphatic rings. The van der Waals surface area contributed by atoms with E-state index in [0.29, 0.717) is 5.91 Å². The molecule has 0 saturated carbocycles. The fourth-order valence-electron chi connectivity index (χ4n) is 3.02. The smallest absolute Gasteiger partial charge is 0.222 e. The third kappa shape index (κ3) is 4.07. The second-order valence-electron chi connectivity index (χ2n) is 6.97. The van der Waals surface area contributed by atoms with E-state index in [1.807, 2.05) is 4.90 Å². The zero-order chi connectivity index (χ0) is 13.9. The third-order valence-corrected chi connectivity index (χ3v) is 4.45. The highest BCUT2D eigenvalue weighted by Crippen LogP contribution is 2.30. The van der Waals surface area contributed by atoms with Crippen LogP contribution in [0.25, 0.3) is 0 Å². The van der Waals surface area contributed by atoms with Crippen molar-refractivity contribution in [2.24, 2.45) is 11.3 Å². The zero-order valence-electron chi connectivity index (χ0n) is 12.7. The van der Waals surface area contributed by atoms with Crippen LogP contribution in [0, 0.1) is 11.3 Å². The van der Waals surface area contributed by atoms with Crippen LogP contribution < -0.4 is 5.32 Å². The highest BCUT2D eigenvalue weighted by Gasteiger charge is 2.24. The average molecular weight is 264 g/mol. The summed E-state index contributed by atoms with van der Waals surface area (Å²) < 4.78 is 0. The molecule has 108 valence electrons. The van der Waals surface area contributed by atoms with Gasteiger partial charge in [0, 0.05) is 19.5 Å². The first-order valence-corrected chi connectivity index (χ1v) is 7.65. The van der Waals surface area contributed by atoms with Gasteiger partial charge < -0.3 is 10.2 Å². The molecule has 0 aromatic rings. The van der Waals surface area contributed by atoms with Crippen LogP contribution in [0.4, 0.5) is 0 Å². The topological polar surface area (TPSA) is 32.3 Å². The molecular weight excluding hydrogens is 236 g/mol. The zero-order valence-corrected chi connectivity index (χ0v) is 12.7. The van der Waals surface area contributed by atoms with Gasteiger partial charge in [0.15, 0.2) is 0 Å². The monoisotopic (exact) mass is 264 g/mol. The van der Waals surface area contributed by atoms with Gasteiger partial charge in [0.1, 0.15) is 0 Å². The van der Waals surface area contributed by atoms with E-state index >= 15 is 0 Å². The van der Waals surface area contributed by atoms with E-state index in [9.17, 15) is 4.79 Å². The maximum Gasteiger partial charge on any atom is 0.222 e. The van der Waals surface area contributed by atoms with Crippen LogP contribution in [0.5, 0.6) is 0 Å². The second-order valence-corrected chi connectivity index (χ2v) is 6.97. The fourth-order valence-corrected chi connectivity index (χ4v) is 3.02. The van der Waals surface area contributed by atoms with Crippen molar-refractivity contribution in [2.75, 3.05) is 26.2 Å². The number of hydrogen-bond acceptors (Lipinski definition) is 2. The van der Waals surface area contributed by atoms with Gasteiger partial charge in [0.05, 0.1) is 0 Å². The molecular formula is C16H28N2O. The van der Waals surface area contributed by atoms with Crippen molar-refractivity contribution in [1.82, 2.24) is 10.2 Å². The van der Waals surface area contributed by atoms with Crippen molar-refractivity contribution in [3.05, 3.63) is 11.6 Å². The molecule has 1 amide bonds. The third-order valence-electron chi connectivity index (χ3n) is 4.45. The summed E-state index contributed by atoms with van der Waals surface area (Å²) in [6.07, 6.45) is 6.32. The second kappa shape index (κ2) is 6.08. The molecule has 3 heteroatoms. The molecule has 0 aliphatic carbocycles.